The van der Waals surface area contributed by atoms with Gasteiger partial charge in [0.05, 0.1) is 12.0 Å². The van der Waals surface area contributed by atoms with Crippen molar-refractivity contribution in [2.24, 2.45) is 0 Å². The van der Waals surface area contributed by atoms with Crippen molar-refractivity contribution in [3.8, 4) is 5.75 Å². The molecule has 9 heteroatoms. The molecule has 3 rings (SSSR count). The third-order valence-corrected chi connectivity index (χ3v) is 4.89. The topological polar surface area (TPSA) is 117 Å². The Morgan fingerprint density at radius 2 is 1.47 bits per heavy atom. The molecule has 0 saturated carbocycles. The van der Waals surface area contributed by atoms with Crippen LogP contribution in [0.1, 0.15) is 16.7 Å². The van der Waals surface area contributed by atoms with Gasteiger partial charge in [0.25, 0.3) is 0 Å². The zero-order valence-corrected chi connectivity index (χ0v) is 18.5. The number of nitrogens with zero attached hydrogens (tertiary/aromatic N) is 1. The van der Waals surface area contributed by atoms with E-state index in [0.29, 0.717) is 5.56 Å². The quantitative estimate of drug-likeness (QED) is 0.272. The Hall–Kier alpha value is -4.40. The number of nitro groups is 1. The number of ether oxygens (including phenoxy) is 3. The number of alkyl carbamates (subject to hydrolysis) is 1. The van der Waals surface area contributed by atoms with Crippen molar-refractivity contribution in [2.45, 2.75) is 25.7 Å². The van der Waals surface area contributed by atoms with Crippen LogP contribution in [0.3, 0.4) is 0 Å². The highest BCUT2D eigenvalue weighted by Crippen LogP contribution is 2.28. The Kier molecular flexibility index (Phi) is 8.56. The lowest BCUT2D eigenvalue weighted by Gasteiger charge is -2.18. The summed E-state index contributed by atoms with van der Waals surface area (Å²) in [6, 6.07) is 21.4. The first-order valence-electron chi connectivity index (χ1n) is 10.5. The summed E-state index contributed by atoms with van der Waals surface area (Å²) in [6.07, 6.45) is -0.776. The predicted octanol–water partition coefficient (Wildman–Crippen LogP) is 4.18. The van der Waals surface area contributed by atoms with Crippen molar-refractivity contribution in [3.63, 3.8) is 0 Å². The molecule has 0 aliphatic heterocycles. The summed E-state index contributed by atoms with van der Waals surface area (Å²) in [5, 5.41) is 13.7. The molecule has 1 N–H and O–H groups in total. The molecule has 0 aromatic heterocycles. The van der Waals surface area contributed by atoms with Crippen LogP contribution < -0.4 is 10.1 Å². The number of hydrogen-bond donors (Lipinski definition) is 1. The van der Waals surface area contributed by atoms with Gasteiger partial charge in [0.2, 0.25) is 0 Å². The maximum atomic E-state index is 12.8. The summed E-state index contributed by atoms with van der Waals surface area (Å²) in [5.41, 5.74) is 1.91. The van der Waals surface area contributed by atoms with Gasteiger partial charge in [0, 0.05) is 12.5 Å². The number of methoxy groups -OCH3 is 1. The van der Waals surface area contributed by atoms with Crippen molar-refractivity contribution in [3.05, 3.63) is 106 Å². The Balaban J connectivity index is 1.71. The first-order valence-corrected chi connectivity index (χ1v) is 10.5. The first kappa shape index (κ1) is 24.2. The molecule has 0 heterocycles. The SMILES string of the molecule is COc1cc(CC(NC(=O)OCc2ccccc2)C(=O)OCc2ccccc2)ccc1[N+](=O)[O-]. The number of benzene rings is 3. The number of nitro benzene ring substituents is 1. The summed E-state index contributed by atoms with van der Waals surface area (Å²) in [5.74, 6) is -0.622. The number of carbonyl (C=O) groups is 2. The monoisotopic (exact) mass is 464 g/mol. The van der Waals surface area contributed by atoms with E-state index < -0.39 is 23.0 Å². The van der Waals surface area contributed by atoms with Gasteiger partial charge in [-0.05, 0) is 22.8 Å². The van der Waals surface area contributed by atoms with Crippen LogP contribution >= 0.6 is 0 Å². The van der Waals surface area contributed by atoms with Crippen molar-refractivity contribution >= 4 is 17.7 Å². The van der Waals surface area contributed by atoms with Crippen LogP contribution in [0.2, 0.25) is 0 Å². The zero-order chi connectivity index (χ0) is 24.3. The highest BCUT2D eigenvalue weighted by atomic mass is 16.6. The van der Waals surface area contributed by atoms with Crippen LogP contribution in [0.5, 0.6) is 5.75 Å². The summed E-state index contributed by atoms with van der Waals surface area (Å²) in [6.45, 7) is 0.0598. The lowest BCUT2D eigenvalue weighted by molar-refractivity contribution is -0.385. The lowest BCUT2D eigenvalue weighted by Crippen LogP contribution is -2.43. The maximum absolute atomic E-state index is 12.8. The fraction of sp³-hybridized carbons (Fsp3) is 0.200. The van der Waals surface area contributed by atoms with E-state index in [4.69, 9.17) is 14.2 Å². The highest BCUT2D eigenvalue weighted by Gasteiger charge is 2.25. The van der Waals surface area contributed by atoms with E-state index in [1.54, 1.807) is 0 Å². The predicted molar refractivity (Wildman–Crippen MR) is 123 cm³/mol. The second-order valence-corrected chi connectivity index (χ2v) is 7.32. The molecule has 0 saturated heterocycles. The van der Waals surface area contributed by atoms with E-state index in [1.807, 2.05) is 60.7 Å². The summed E-state index contributed by atoms with van der Waals surface area (Å²) >= 11 is 0. The van der Waals surface area contributed by atoms with Gasteiger partial charge in [0.1, 0.15) is 19.3 Å². The molecule has 34 heavy (non-hydrogen) atoms. The van der Waals surface area contributed by atoms with Gasteiger partial charge in [-0.2, -0.15) is 0 Å². The van der Waals surface area contributed by atoms with Gasteiger partial charge >= 0.3 is 17.7 Å². The van der Waals surface area contributed by atoms with Crippen LogP contribution in [0.15, 0.2) is 78.9 Å². The molecule has 9 nitrogen and oxygen atoms in total. The molecule has 0 aliphatic rings. The zero-order valence-electron chi connectivity index (χ0n) is 18.5. The smallest absolute Gasteiger partial charge is 0.408 e. The molecule has 0 spiro atoms. The van der Waals surface area contributed by atoms with Crippen LogP contribution in [0, 0.1) is 10.1 Å². The van der Waals surface area contributed by atoms with Gasteiger partial charge in [0.15, 0.2) is 5.75 Å². The third kappa shape index (κ3) is 7.06. The van der Waals surface area contributed by atoms with Crippen molar-refractivity contribution in [1.29, 1.82) is 0 Å². The van der Waals surface area contributed by atoms with Gasteiger partial charge < -0.3 is 19.5 Å². The fourth-order valence-corrected chi connectivity index (χ4v) is 3.17. The van der Waals surface area contributed by atoms with Crippen LogP contribution in [-0.4, -0.2) is 30.1 Å². The van der Waals surface area contributed by atoms with Crippen molar-refractivity contribution in [2.75, 3.05) is 7.11 Å². The number of amides is 1. The van der Waals surface area contributed by atoms with E-state index in [2.05, 4.69) is 5.32 Å². The molecule has 176 valence electrons. The maximum Gasteiger partial charge on any atom is 0.408 e. The Bertz CT molecular complexity index is 1120. The first-order chi connectivity index (χ1) is 16.5. The molecule has 3 aromatic rings. The largest absolute Gasteiger partial charge is 0.490 e. The Morgan fingerprint density at radius 3 is 2.03 bits per heavy atom. The minimum atomic E-state index is -1.09. The van der Waals surface area contributed by atoms with Gasteiger partial charge in [-0.1, -0.05) is 66.7 Å². The summed E-state index contributed by atoms with van der Waals surface area (Å²) in [4.78, 5) is 35.8. The average molecular weight is 464 g/mol. The van der Waals surface area contributed by atoms with Crippen LogP contribution in [0.25, 0.3) is 0 Å². The van der Waals surface area contributed by atoms with E-state index in [0.717, 1.165) is 11.1 Å². The van der Waals surface area contributed by atoms with Crippen molar-refractivity contribution < 1.29 is 28.7 Å². The number of esters is 1. The molecule has 0 fully saturated rings. The van der Waals surface area contributed by atoms with E-state index in [-0.39, 0.29) is 31.1 Å². The molecular weight excluding hydrogens is 440 g/mol. The number of rotatable bonds is 10. The number of nitrogens with one attached hydrogen (secondary N) is 1. The third-order valence-electron chi connectivity index (χ3n) is 4.89. The minimum absolute atomic E-state index is 0.0163. The molecule has 0 radical (unpaired) electrons. The van der Waals surface area contributed by atoms with Crippen LogP contribution in [0.4, 0.5) is 10.5 Å². The highest BCUT2D eigenvalue weighted by molar-refractivity contribution is 5.81. The van der Waals surface area contributed by atoms with Gasteiger partial charge in [-0.3, -0.25) is 10.1 Å². The number of hydrogen-bond acceptors (Lipinski definition) is 7. The van der Waals surface area contributed by atoms with E-state index in [1.165, 1.54) is 25.3 Å². The molecule has 0 aliphatic carbocycles. The summed E-state index contributed by atoms with van der Waals surface area (Å²) < 4.78 is 15.7. The Labute approximate surface area is 196 Å². The molecule has 1 amide bonds. The minimum Gasteiger partial charge on any atom is -0.490 e. The fourth-order valence-electron chi connectivity index (χ4n) is 3.17. The Morgan fingerprint density at radius 1 is 0.882 bits per heavy atom. The average Bonchev–Trinajstić information content (AvgIpc) is 2.86. The standard InChI is InChI=1S/C25H24N2O7/c1-32-23-15-20(12-13-22(23)27(30)31)14-21(24(28)33-16-18-8-4-2-5-9-18)26-25(29)34-17-19-10-6-3-7-11-19/h2-13,15,21H,14,16-17H2,1H3,(H,26,29). The molecule has 1 unspecified atom stereocenters. The second-order valence-electron chi connectivity index (χ2n) is 7.32. The van der Waals surface area contributed by atoms with Crippen LogP contribution in [-0.2, 0) is 33.9 Å². The molecule has 0 bridgehead atoms. The molecular formula is C25H24N2O7. The molecule has 1 atom stereocenters. The van der Waals surface area contributed by atoms with Gasteiger partial charge in [-0.15, -0.1) is 0 Å². The van der Waals surface area contributed by atoms with Gasteiger partial charge in [-0.25, -0.2) is 9.59 Å². The second kappa shape index (κ2) is 12.0. The van der Waals surface area contributed by atoms with Crippen molar-refractivity contribution in [1.82, 2.24) is 5.32 Å². The number of carbonyl (C=O) groups excluding carboxylic acids is 2. The van der Waals surface area contributed by atoms with E-state index in [9.17, 15) is 19.7 Å². The molecule has 3 aromatic carbocycles. The lowest BCUT2D eigenvalue weighted by atomic mass is 10.0. The normalized spacial score (nSPS) is 11.2. The summed E-state index contributed by atoms with van der Waals surface area (Å²) in [7, 11) is 1.32. The van der Waals surface area contributed by atoms with E-state index >= 15 is 0 Å².